The molecule has 2 saturated carbocycles. The smallest absolute Gasteiger partial charge is 0.256 e. The molecule has 3 N–H and O–H groups in total. The van der Waals surface area contributed by atoms with Crippen LogP contribution in [0.1, 0.15) is 45.4 Å². The van der Waals surface area contributed by atoms with E-state index in [1.165, 1.54) is 30.2 Å². The van der Waals surface area contributed by atoms with E-state index in [1.54, 1.807) is 18.5 Å². The van der Waals surface area contributed by atoms with Crippen LogP contribution in [0.5, 0.6) is 0 Å². The van der Waals surface area contributed by atoms with Crippen molar-refractivity contribution in [3.05, 3.63) is 48.9 Å². The summed E-state index contributed by atoms with van der Waals surface area (Å²) in [6, 6.07) is 4.98. The Morgan fingerprint density at radius 3 is 2.58 bits per heavy atom. The molecule has 2 aliphatic carbocycles. The molecule has 0 amide bonds. The second-order valence-corrected chi connectivity index (χ2v) is 12.8. The summed E-state index contributed by atoms with van der Waals surface area (Å²) in [6.45, 7) is 1.85. The molecule has 0 radical (unpaired) electrons. The average molecular weight is 568 g/mol. The third-order valence-corrected chi connectivity index (χ3v) is 9.40. The second-order valence-electron chi connectivity index (χ2n) is 10.7. The number of aliphatic hydroxyl groups is 1. The number of pyridine rings is 1. The maximum Gasteiger partial charge on any atom is 0.256 e. The van der Waals surface area contributed by atoms with Crippen LogP contribution < -0.4 is 10.6 Å². The molecule has 14 heteroatoms. The third kappa shape index (κ3) is 5.41. The highest BCUT2D eigenvalue weighted by molar-refractivity contribution is 7.90. The molecule has 4 aromatic rings. The van der Waals surface area contributed by atoms with Crippen molar-refractivity contribution < 1.29 is 17.9 Å². The van der Waals surface area contributed by atoms with Gasteiger partial charge < -0.3 is 15.7 Å². The van der Waals surface area contributed by atoms with E-state index in [0.29, 0.717) is 60.0 Å². The molecule has 2 fully saturated rings. The highest BCUT2D eigenvalue weighted by Crippen LogP contribution is 2.34. The van der Waals surface area contributed by atoms with Crippen molar-refractivity contribution in [3.8, 4) is 22.6 Å². The summed E-state index contributed by atoms with van der Waals surface area (Å²) in [4.78, 5) is 13.3. The zero-order chi connectivity index (χ0) is 28.1. The lowest BCUT2D eigenvalue weighted by molar-refractivity contribution is 0.0196. The van der Waals surface area contributed by atoms with Gasteiger partial charge in [0.25, 0.3) is 10.0 Å². The predicted molar refractivity (Wildman–Crippen MR) is 147 cm³/mol. The van der Waals surface area contributed by atoms with E-state index in [2.05, 4.69) is 35.8 Å². The summed E-state index contributed by atoms with van der Waals surface area (Å²) in [7, 11) is -1.95. The molecular formula is C26H30FN9O3S. The van der Waals surface area contributed by atoms with Crippen molar-refractivity contribution in [2.75, 3.05) is 10.6 Å². The first-order valence-corrected chi connectivity index (χ1v) is 14.7. The van der Waals surface area contributed by atoms with Crippen molar-refractivity contribution in [2.45, 2.75) is 62.3 Å². The van der Waals surface area contributed by atoms with E-state index >= 15 is 0 Å². The van der Waals surface area contributed by atoms with Crippen LogP contribution >= 0.6 is 0 Å². The molecule has 0 saturated heterocycles. The summed E-state index contributed by atoms with van der Waals surface area (Å²) >= 11 is 0. The lowest BCUT2D eigenvalue weighted by atomic mass is 9.83. The van der Waals surface area contributed by atoms with Crippen LogP contribution in [0, 0.1) is 5.95 Å². The van der Waals surface area contributed by atoms with Gasteiger partial charge in [-0.3, -0.25) is 0 Å². The highest BCUT2D eigenvalue weighted by atomic mass is 32.2. The van der Waals surface area contributed by atoms with Gasteiger partial charge in [0.2, 0.25) is 5.95 Å². The third-order valence-electron chi connectivity index (χ3n) is 7.36. The van der Waals surface area contributed by atoms with Gasteiger partial charge in [0.05, 0.1) is 34.5 Å². The van der Waals surface area contributed by atoms with Gasteiger partial charge in [0, 0.05) is 48.9 Å². The molecule has 4 heterocycles. The van der Waals surface area contributed by atoms with Crippen molar-refractivity contribution in [1.29, 1.82) is 0 Å². The zero-order valence-electron chi connectivity index (χ0n) is 22.1. The van der Waals surface area contributed by atoms with E-state index in [4.69, 9.17) is 0 Å². The Labute approximate surface area is 230 Å². The lowest BCUT2D eigenvalue weighted by Crippen LogP contribution is -2.35. The Morgan fingerprint density at radius 2 is 1.88 bits per heavy atom. The lowest BCUT2D eigenvalue weighted by Gasteiger charge is -2.34. The first-order chi connectivity index (χ1) is 19.1. The number of aryl methyl sites for hydroxylation is 1. The molecule has 0 aromatic carbocycles. The zero-order valence-corrected chi connectivity index (χ0v) is 22.9. The average Bonchev–Trinajstić information content (AvgIpc) is 3.57. The largest absolute Gasteiger partial charge is 0.390 e. The number of rotatable bonds is 8. The fourth-order valence-electron chi connectivity index (χ4n) is 4.80. The van der Waals surface area contributed by atoms with Gasteiger partial charge in [-0.15, -0.1) is 0 Å². The molecular weight excluding hydrogens is 537 g/mol. The number of hydrogen-bond donors (Lipinski definition) is 3. The molecule has 0 aliphatic heterocycles. The van der Waals surface area contributed by atoms with Crippen molar-refractivity contribution in [2.24, 2.45) is 7.05 Å². The molecule has 4 aromatic heterocycles. The Kier molecular flexibility index (Phi) is 6.53. The molecule has 0 unspecified atom stereocenters. The van der Waals surface area contributed by atoms with Gasteiger partial charge >= 0.3 is 0 Å². The SMILES string of the molecule is Cn1nc(-c2cnc(Nc3ccnc(-c4cnn(S(=O)(=O)C5CC5)c4)n3)cc2NC2CCC(C)(O)CC2)cc1F. The fourth-order valence-corrected chi connectivity index (χ4v) is 6.28. The summed E-state index contributed by atoms with van der Waals surface area (Å²) < 4.78 is 41.3. The number of nitrogens with one attached hydrogen (secondary N) is 2. The maximum absolute atomic E-state index is 14.1. The summed E-state index contributed by atoms with van der Waals surface area (Å²) in [5.74, 6) is 0.794. The number of hydrogen-bond acceptors (Lipinski definition) is 10. The fraction of sp³-hybridized carbons (Fsp3) is 0.423. The minimum Gasteiger partial charge on any atom is -0.390 e. The van der Waals surface area contributed by atoms with Crippen LogP contribution in [0.15, 0.2) is 43.0 Å². The van der Waals surface area contributed by atoms with Gasteiger partial charge in [0.1, 0.15) is 11.6 Å². The Bertz CT molecular complexity index is 1630. The van der Waals surface area contributed by atoms with Crippen molar-refractivity contribution >= 4 is 27.3 Å². The monoisotopic (exact) mass is 567 g/mol. The van der Waals surface area contributed by atoms with Gasteiger partial charge in [0.15, 0.2) is 5.82 Å². The highest BCUT2D eigenvalue weighted by Gasteiger charge is 2.37. The predicted octanol–water partition coefficient (Wildman–Crippen LogP) is 3.46. The van der Waals surface area contributed by atoms with Gasteiger partial charge in [-0.2, -0.15) is 18.7 Å². The molecule has 6 rings (SSSR count). The normalized spacial score (nSPS) is 21.4. The molecule has 12 nitrogen and oxygen atoms in total. The van der Waals surface area contributed by atoms with E-state index < -0.39 is 21.6 Å². The van der Waals surface area contributed by atoms with Crippen LogP contribution in [0.2, 0.25) is 0 Å². The van der Waals surface area contributed by atoms with E-state index in [1.807, 2.05) is 13.0 Å². The number of nitrogens with zero attached hydrogens (tertiary/aromatic N) is 7. The van der Waals surface area contributed by atoms with Gasteiger partial charge in [-0.1, -0.05) is 0 Å². The Balaban J connectivity index is 1.26. The minimum atomic E-state index is -3.49. The minimum absolute atomic E-state index is 0.122. The maximum atomic E-state index is 14.1. The van der Waals surface area contributed by atoms with Crippen LogP contribution in [-0.4, -0.2) is 64.3 Å². The standard InChI is InChI=1S/C26H30FN9O3S/c1-26(37)8-5-17(6-9-26)31-20-12-24(29-14-19(20)21-11-22(27)35(2)34-21)32-23-7-10-28-25(33-23)16-13-30-36(15-16)40(38,39)18-3-4-18/h7,10-15,17-18,37H,3-6,8-9H2,1-2H3,(H2,28,29,31,32,33). The van der Waals surface area contributed by atoms with Crippen molar-refractivity contribution in [3.63, 3.8) is 0 Å². The molecule has 210 valence electrons. The van der Waals surface area contributed by atoms with Crippen molar-refractivity contribution in [1.82, 2.24) is 33.9 Å². The number of anilines is 3. The summed E-state index contributed by atoms with van der Waals surface area (Å²) in [6.07, 6.45) is 10.3. The Hall–Kier alpha value is -3.91. The Morgan fingerprint density at radius 1 is 1.10 bits per heavy atom. The van der Waals surface area contributed by atoms with Gasteiger partial charge in [-0.05, 0) is 51.5 Å². The molecule has 0 atom stereocenters. The second kappa shape index (κ2) is 9.93. The quantitative estimate of drug-likeness (QED) is 0.288. The van der Waals surface area contributed by atoms with E-state index in [-0.39, 0.29) is 11.3 Å². The van der Waals surface area contributed by atoms with E-state index in [0.717, 1.165) is 22.6 Å². The molecule has 0 spiro atoms. The number of aromatic nitrogens is 7. The van der Waals surface area contributed by atoms with E-state index in [9.17, 15) is 17.9 Å². The van der Waals surface area contributed by atoms with Gasteiger partial charge in [-0.25, -0.2) is 28.1 Å². The summed E-state index contributed by atoms with van der Waals surface area (Å²) in [5, 5.41) is 25.0. The first-order valence-electron chi connectivity index (χ1n) is 13.2. The summed E-state index contributed by atoms with van der Waals surface area (Å²) in [5.41, 5.74) is 1.63. The van der Waals surface area contributed by atoms with Crippen LogP contribution in [-0.2, 0) is 17.1 Å². The molecule has 40 heavy (non-hydrogen) atoms. The molecule has 0 bridgehead atoms. The number of halogens is 1. The topological polar surface area (TPSA) is 153 Å². The van der Waals surface area contributed by atoms with Crippen LogP contribution in [0.4, 0.5) is 21.7 Å². The van der Waals surface area contributed by atoms with Crippen LogP contribution in [0.25, 0.3) is 22.6 Å². The van der Waals surface area contributed by atoms with Crippen LogP contribution in [0.3, 0.4) is 0 Å². The first kappa shape index (κ1) is 26.3. The molecule has 2 aliphatic rings.